The summed E-state index contributed by atoms with van der Waals surface area (Å²) in [5.74, 6) is 0.644. The number of rotatable bonds is 5. The van der Waals surface area contributed by atoms with E-state index in [1.807, 2.05) is 41.7 Å². The van der Waals surface area contributed by atoms with Gasteiger partial charge in [0.25, 0.3) is 0 Å². The molecule has 0 N–H and O–H groups in total. The van der Waals surface area contributed by atoms with Crippen LogP contribution in [0.5, 0.6) is 0 Å². The Morgan fingerprint density at radius 1 is 0.500 bits per heavy atom. The SMILES string of the molecule is CC1(C)c2ccccc2-c2ccc(N(c3ccc(-c4ccc5c(ccc6nc(-c7ccccc7)oc65)c4)cc3)c3ccc4sc5ccccc5c4c3)cc21. The van der Waals surface area contributed by atoms with Crippen molar-refractivity contribution in [2.24, 2.45) is 0 Å². The van der Waals surface area contributed by atoms with Crippen LogP contribution >= 0.6 is 11.3 Å². The third kappa shape index (κ3) is 4.77. The van der Waals surface area contributed by atoms with Gasteiger partial charge in [0.1, 0.15) is 5.52 Å². The predicted molar refractivity (Wildman–Crippen MR) is 228 cm³/mol. The largest absolute Gasteiger partial charge is 0.435 e. The zero-order valence-electron chi connectivity index (χ0n) is 29.9. The van der Waals surface area contributed by atoms with Crippen molar-refractivity contribution < 1.29 is 4.42 Å². The number of benzene rings is 8. The van der Waals surface area contributed by atoms with Gasteiger partial charge in [-0.2, -0.15) is 0 Å². The molecule has 0 atom stereocenters. The van der Waals surface area contributed by atoms with E-state index in [-0.39, 0.29) is 5.41 Å². The fourth-order valence-corrected chi connectivity index (χ4v) is 9.62. The van der Waals surface area contributed by atoms with Crippen LogP contribution in [0.1, 0.15) is 25.0 Å². The van der Waals surface area contributed by atoms with Crippen molar-refractivity contribution in [2.45, 2.75) is 19.3 Å². The molecule has 4 heteroatoms. The molecule has 0 radical (unpaired) electrons. The first-order chi connectivity index (χ1) is 26.5. The van der Waals surface area contributed by atoms with Crippen molar-refractivity contribution in [3.63, 3.8) is 0 Å². The maximum atomic E-state index is 6.33. The minimum Gasteiger partial charge on any atom is -0.435 e. The first kappa shape index (κ1) is 31.1. The highest BCUT2D eigenvalue weighted by Gasteiger charge is 2.35. The zero-order chi connectivity index (χ0) is 36.0. The molecule has 54 heavy (non-hydrogen) atoms. The highest BCUT2D eigenvalue weighted by Crippen LogP contribution is 2.51. The molecular formula is C50H34N2OS. The second-order valence-electron chi connectivity index (χ2n) is 14.8. The molecule has 10 aromatic rings. The van der Waals surface area contributed by atoms with Gasteiger partial charge in [-0.1, -0.05) is 105 Å². The molecule has 0 aliphatic heterocycles. The van der Waals surface area contributed by atoms with E-state index in [4.69, 9.17) is 9.40 Å². The quantitative estimate of drug-likeness (QED) is 0.178. The molecule has 0 fully saturated rings. The van der Waals surface area contributed by atoms with Crippen molar-refractivity contribution in [2.75, 3.05) is 4.90 Å². The third-order valence-electron chi connectivity index (χ3n) is 11.3. The van der Waals surface area contributed by atoms with Gasteiger partial charge in [0.05, 0.1) is 0 Å². The molecule has 0 saturated heterocycles. The van der Waals surface area contributed by atoms with Crippen molar-refractivity contribution in [1.29, 1.82) is 0 Å². The van der Waals surface area contributed by atoms with Crippen molar-refractivity contribution >= 4 is 70.4 Å². The molecule has 1 aliphatic carbocycles. The lowest BCUT2D eigenvalue weighted by atomic mass is 9.82. The molecule has 0 unspecified atom stereocenters. The molecule has 0 saturated carbocycles. The van der Waals surface area contributed by atoms with Crippen LogP contribution < -0.4 is 4.90 Å². The van der Waals surface area contributed by atoms with E-state index in [0.29, 0.717) is 5.89 Å². The predicted octanol–water partition coefficient (Wildman–Crippen LogP) is 14.5. The minimum atomic E-state index is -0.0958. The lowest BCUT2D eigenvalue weighted by Gasteiger charge is -2.28. The molecule has 2 aromatic heterocycles. The van der Waals surface area contributed by atoms with Crippen molar-refractivity contribution in [1.82, 2.24) is 4.98 Å². The Kier molecular flexibility index (Phi) is 6.77. The van der Waals surface area contributed by atoms with Gasteiger partial charge in [-0.05, 0) is 118 Å². The van der Waals surface area contributed by atoms with E-state index in [0.717, 1.165) is 55.6 Å². The molecule has 8 aromatic carbocycles. The van der Waals surface area contributed by atoms with E-state index < -0.39 is 0 Å². The monoisotopic (exact) mass is 710 g/mol. The topological polar surface area (TPSA) is 29.3 Å². The summed E-state index contributed by atoms with van der Waals surface area (Å²) < 4.78 is 8.94. The van der Waals surface area contributed by atoms with Gasteiger partial charge in [-0.25, -0.2) is 4.98 Å². The van der Waals surface area contributed by atoms with Gasteiger partial charge in [-0.3, -0.25) is 0 Å². The van der Waals surface area contributed by atoms with Gasteiger partial charge in [-0.15, -0.1) is 11.3 Å². The Morgan fingerprint density at radius 2 is 1.20 bits per heavy atom. The Balaban J connectivity index is 1.01. The summed E-state index contributed by atoms with van der Waals surface area (Å²) in [7, 11) is 0. The normalized spacial score (nSPS) is 13.1. The molecule has 11 rings (SSSR count). The molecule has 1 aliphatic rings. The summed E-state index contributed by atoms with van der Waals surface area (Å²) in [6.07, 6.45) is 0. The van der Waals surface area contributed by atoms with E-state index >= 15 is 0 Å². The van der Waals surface area contributed by atoms with Crippen LogP contribution in [-0.2, 0) is 5.41 Å². The van der Waals surface area contributed by atoms with Crippen molar-refractivity contribution in [3.8, 4) is 33.7 Å². The fourth-order valence-electron chi connectivity index (χ4n) is 8.53. The van der Waals surface area contributed by atoms with E-state index in [2.05, 4.69) is 158 Å². The Morgan fingerprint density at radius 3 is 2.09 bits per heavy atom. The molecule has 0 bridgehead atoms. The van der Waals surface area contributed by atoms with Crippen molar-refractivity contribution in [3.05, 3.63) is 181 Å². The Labute approximate surface area is 317 Å². The summed E-state index contributed by atoms with van der Waals surface area (Å²) in [5, 5.41) is 4.78. The average Bonchev–Trinajstić information content (AvgIpc) is 3.89. The van der Waals surface area contributed by atoms with Gasteiger partial charge in [0, 0.05) is 53.6 Å². The van der Waals surface area contributed by atoms with Gasteiger partial charge < -0.3 is 9.32 Å². The third-order valence-corrected chi connectivity index (χ3v) is 12.4. The molecule has 0 amide bonds. The lowest BCUT2D eigenvalue weighted by molar-refractivity contribution is 0.623. The maximum Gasteiger partial charge on any atom is 0.227 e. The summed E-state index contributed by atoms with van der Waals surface area (Å²) in [6, 6.07) is 61.4. The van der Waals surface area contributed by atoms with Crippen LogP contribution in [0.2, 0.25) is 0 Å². The lowest BCUT2D eigenvalue weighted by Crippen LogP contribution is -2.16. The number of fused-ring (bicyclic) bond motifs is 9. The number of nitrogens with zero attached hydrogens (tertiary/aromatic N) is 2. The highest BCUT2D eigenvalue weighted by atomic mass is 32.1. The second kappa shape index (κ2) is 11.8. The Bertz CT molecular complexity index is 3080. The fraction of sp³-hybridized carbons (Fsp3) is 0.0600. The number of hydrogen-bond acceptors (Lipinski definition) is 4. The summed E-state index contributed by atoms with van der Waals surface area (Å²) >= 11 is 1.86. The van der Waals surface area contributed by atoms with Crippen LogP contribution in [0.25, 0.3) is 75.8 Å². The van der Waals surface area contributed by atoms with Gasteiger partial charge >= 0.3 is 0 Å². The Hall–Kier alpha value is -6.49. The van der Waals surface area contributed by atoms with Crippen LogP contribution in [0.15, 0.2) is 174 Å². The molecule has 256 valence electrons. The smallest absolute Gasteiger partial charge is 0.227 e. The minimum absolute atomic E-state index is 0.0958. The first-order valence-electron chi connectivity index (χ1n) is 18.4. The molecule has 3 nitrogen and oxygen atoms in total. The van der Waals surface area contributed by atoms with Crippen LogP contribution in [0.4, 0.5) is 17.1 Å². The number of aromatic nitrogens is 1. The zero-order valence-corrected chi connectivity index (χ0v) is 30.7. The number of thiophene rings is 1. The number of anilines is 3. The molecule has 0 spiro atoms. The molecular weight excluding hydrogens is 677 g/mol. The van der Waals surface area contributed by atoms with Crippen LogP contribution in [0.3, 0.4) is 0 Å². The van der Waals surface area contributed by atoms with Gasteiger partial charge in [0.2, 0.25) is 5.89 Å². The first-order valence-corrected chi connectivity index (χ1v) is 19.3. The van der Waals surface area contributed by atoms with E-state index in [1.165, 1.54) is 42.4 Å². The average molecular weight is 711 g/mol. The van der Waals surface area contributed by atoms with E-state index in [9.17, 15) is 0 Å². The summed E-state index contributed by atoms with van der Waals surface area (Å²) in [6.45, 7) is 4.70. The second-order valence-corrected chi connectivity index (χ2v) is 15.9. The summed E-state index contributed by atoms with van der Waals surface area (Å²) in [4.78, 5) is 7.20. The summed E-state index contributed by atoms with van der Waals surface area (Å²) in [5.41, 5.74) is 13.7. The molecule has 2 heterocycles. The van der Waals surface area contributed by atoms with E-state index in [1.54, 1.807) is 0 Å². The standard InChI is InChI=1S/C50H34N2OS/c1-50(2)43-14-8-6-12-39(43)40-25-22-37(30-44(40)50)52(36-23-27-47-42(29-36)41-13-7-9-15-46(41)54-47)35-20-16-31(17-21-35)33-18-24-38-34(28-33)19-26-45-48(38)53-49(51-45)32-10-4-3-5-11-32/h3-30H,1-2H3. The van der Waals surface area contributed by atoms with Crippen LogP contribution in [0, 0.1) is 0 Å². The highest BCUT2D eigenvalue weighted by molar-refractivity contribution is 7.25. The maximum absolute atomic E-state index is 6.33. The van der Waals surface area contributed by atoms with Gasteiger partial charge in [0.15, 0.2) is 5.58 Å². The van der Waals surface area contributed by atoms with Crippen LogP contribution in [-0.4, -0.2) is 4.98 Å². The number of hydrogen-bond donors (Lipinski definition) is 0. The number of oxazole rings is 1.